The van der Waals surface area contributed by atoms with Crippen molar-refractivity contribution >= 4 is 17.1 Å². The van der Waals surface area contributed by atoms with E-state index in [2.05, 4.69) is 23.8 Å². The van der Waals surface area contributed by atoms with Crippen LogP contribution in [-0.4, -0.2) is 21.6 Å². The maximum Gasteiger partial charge on any atom is 0.215 e. The number of hydrogen-bond donors (Lipinski definition) is 1. The highest BCUT2D eigenvalue weighted by Crippen LogP contribution is 2.53. The van der Waals surface area contributed by atoms with Crippen molar-refractivity contribution in [1.82, 2.24) is 14.5 Å². The molecule has 1 saturated carbocycles. The second kappa shape index (κ2) is 4.11. The number of hydrogen-bond acceptors (Lipinski definition) is 4. The minimum absolute atomic E-state index is 0.368. The van der Waals surface area contributed by atoms with Gasteiger partial charge in [-0.25, -0.2) is 4.98 Å². The number of nitrogen functional groups attached to an aromatic ring is 1. The first-order chi connectivity index (χ1) is 9.05. The van der Waals surface area contributed by atoms with E-state index in [0.29, 0.717) is 23.2 Å². The highest BCUT2D eigenvalue weighted by molar-refractivity contribution is 5.74. The summed E-state index contributed by atoms with van der Waals surface area (Å²) in [5.41, 5.74) is 8.07. The van der Waals surface area contributed by atoms with Crippen molar-refractivity contribution in [3.63, 3.8) is 0 Å². The zero-order chi connectivity index (χ0) is 13.6. The average Bonchev–Trinajstić information content (AvgIpc) is 3.11. The molecular weight excluding hydrogens is 240 g/mol. The molecule has 0 atom stereocenters. The predicted octanol–water partition coefficient (Wildman–Crippen LogP) is 2.46. The summed E-state index contributed by atoms with van der Waals surface area (Å²) in [6.07, 6.45) is 2.52. The fraction of sp³-hybridized carbons (Fsp3) is 0.571. The fourth-order valence-corrected chi connectivity index (χ4v) is 2.66. The van der Waals surface area contributed by atoms with Gasteiger partial charge in [0.15, 0.2) is 5.65 Å². The van der Waals surface area contributed by atoms with E-state index in [1.165, 1.54) is 12.8 Å². The van der Waals surface area contributed by atoms with E-state index in [0.717, 1.165) is 17.7 Å². The SMILES string of the molecule is COc1ccc2nc(N)n(CC3(C(C)C)CC3)c2n1. The van der Waals surface area contributed by atoms with Gasteiger partial charge in [-0.1, -0.05) is 13.8 Å². The van der Waals surface area contributed by atoms with E-state index in [9.17, 15) is 0 Å². The predicted molar refractivity (Wildman–Crippen MR) is 75.0 cm³/mol. The van der Waals surface area contributed by atoms with Gasteiger partial charge < -0.3 is 10.5 Å². The Morgan fingerprint density at radius 3 is 2.68 bits per heavy atom. The smallest absolute Gasteiger partial charge is 0.215 e. The summed E-state index contributed by atoms with van der Waals surface area (Å²) >= 11 is 0. The van der Waals surface area contributed by atoms with E-state index in [1.807, 2.05) is 16.7 Å². The Bertz CT molecular complexity index is 613. The lowest BCUT2D eigenvalue weighted by molar-refractivity contribution is 0.313. The topological polar surface area (TPSA) is 66.0 Å². The van der Waals surface area contributed by atoms with Gasteiger partial charge in [0.25, 0.3) is 0 Å². The number of ether oxygens (including phenoxy) is 1. The van der Waals surface area contributed by atoms with Crippen molar-refractivity contribution in [1.29, 1.82) is 0 Å². The number of rotatable bonds is 4. The van der Waals surface area contributed by atoms with E-state index < -0.39 is 0 Å². The number of methoxy groups -OCH3 is 1. The molecule has 0 aliphatic heterocycles. The van der Waals surface area contributed by atoms with Crippen molar-refractivity contribution in [3.8, 4) is 5.88 Å². The lowest BCUT2D eigenvalue weighted by Gasteiger charge is -2.20. The van der Waals surface area contributed by atoms with Gasteiger partial charge in [0, 0.05) is 12.6 Å². The third-order valence-corrected chi connectivity index (χ3v) is 4.40. The summed E-state index contributed by atoms with van der Waals surface area (Å²) in [6, 6.07) is 3.72. The molecule has 0 unspecified atom stereocenters. The number of nitrogens with two attached hydrogens (primary N) is 1. The number of anilines is 1. The lowest BCUT2D eigenvalue weighted by atomic mass is 9.92. The largest absolute Gasteiger partial charge is 0.481 e. The first-order valence-corrected chi connectivity index (χ1v) is 6.72. The molecule has 102 valence electrons. The Morgan fingerprint density at radius 2 is 2.11 bits per heavy atom. The second-order valence-corrected chi connectivity index (χ2v) is 5.77. The van der Waals surface area contributed by atoms with Crippen LogP contribution in [0.3, 0.4) is 0 Å². The number of nitrogens with zero attached hydrogens (tertiary/aromatic N) is 3. The number of imidazole rings is 1. The van der Waals surface area contributed by atoms with Crippen molar-refractivity contribution < 1.29 is 4.74 Å². The highest BCUT2D eigenvalue weighted by atomic mass is 16.5. The van der Waals surface area contributed by atoms with Gasteiger partial charge in [-0.05, 0) is 30.2 Å². The van der Waals surface area contributed by atoms with E-state index in [-0.39, 0.29) is 0 Å². The minimum atomic E-state index is 0.368. The van der Waals surface area contributed by atoms with Gasteiger partial charge in [0.1, 0.15) is 5.52 Å². The Hall–Kier alpha value is -1.78. The van der Waals surface area contributed by atoms with E-state index in [1.54, 1.807) is 7.11 Å². The molecular formula is C14H20N4O. The first-order valence-electron chi connectivity index (χ1n) is 6.72. The Balaban J connectivity index is 2.04. The third-order valence-electron chi connectivity index (χ3n) is 4.40. The summed E-state index contributed by atoms with van der Waals surface area (Å²) in [5, 5.41) is 0. The molecule has 0 aromatic carbocycles. The van der Waals surface area contributed by atoms with Gasteiger partial charge in [-0.3, -0.25) is 4.57 Å². The normalized spacial score (nSPS) is 17.1. The van der Waals surface area contributed by atoms with Gasteiger partial charge in [0.2, 0.25) is 11.8 Å². The van der Waals surface area contributed by atoms with Crippen LogP contribution in [0.25, 0.3) is 11.2 Å². The molecule has 5 heteroatoms. The fourth-order valence-electron chi connectivity index (χ4n) is 2.66. The summed E-state index contributed by atoms with van der Waals surface area (Å²) in [6.45, 7) is 5.44. The van der Waals surface area contributed by atoms with Crippen LogP contribution in [0.4, 0.5) is 5.95 Å². The van der Waals surface area contributed by atoms with Crippen molar-refractivity contribution in [2.45, 2.75) is 33.2 Å². The summed E-state index contributed by atoms with van der Waals surface area (Å²) in [4.78, 5) is 8.87. The summed E-state index contributed by atoms with van der Waals surface area (Å²) in [5.74, 6) is 1.79. The standard InChI is InChI=1S/C14H20N4O/c1-9(2)14(6-7-14)8-18-12-10(16-13(18)15)4-5-11(17-12)19-3/h4-5,9H,6-8H2,1-3H3,(H2,15,16). The van der Waals surface area contributed by atoms with Gasteiger partial charge >= 0.3 is 0 Å². The van der Waals surface area contributed by atoms with Crippen molar-refractivity contribution in [3.05, 3.63) is 12.1 Å². The Morgan fingerprint density at radius 1 is 1.37 bits per heavy atom. The maximum atomic E-state index is 6.05. The molecule has 5 nitrogen and oxygen atoms in total. The zero-order valence-corrected chi connectivity index (χ0v) is 11.7. The molecule has 0 spiro atoms. The van der Waals surface area contributed by atoms with Crippen molar-refractivity contribution in [2.24, 2.45) is 11.3 Å². The van der Waals surface area contributed by atoms with Crippen LogP contribution in [0.2, 0.25) is 0 Å². The molecule has 2 N–H and O–H groups in total. The number of pyridine rings is 1. The Kier molecular flexibility index (Phi) is 2.66. The van der Waals surface area contributed by atoms with Crippen LogP contribution >= 0.6 is 0 Å². The van der Waals surface area contributed by atoms with E-state index >= 15 is 0 Å². The molecule has 0 amide bonds. The Labute approximate surface area is 112 Å². The number of fused-ring (bicyclic) bond motifs is 1. The molecule has 1 aliphatic rings. The molecule has 1 aliphatic carbocycles. The highest BCUT2D eigenvalue weighted by Gasteiger charge is 2.46. The molecule has 1 fully saturated rings. The van der Waals surface area contributed by atoms with Crippen LogP contribution in [0.5, 0.6) is 5.88 Å². The lowest BCUT2D eigenvalue weighted by Crippen LogP contribution is -2.19. The molecule has 2 aromatic heterocycles. The summed E-state index contributed by atoms with van der Waals surface area (Å²) < 4.78 is 7.22. The number of aromatic nitrogens is 3. The molecule has 2 aromatic rings. The van der Waals surface area contributed by atoms with Crippen LogP contribution in [0.1, 0.15) is 26.7 Å². The van der Waals surface area contributed by atoms with E-state index in [4.69, 9.17) is 10.5 Å². The molecule has 2 heterocycles. The monoisotopic (exact) mass is 260 g/mol. The second-order valence-electron chi connectivity index (χ2n) is 5.77. The van der Waals surface area contributed by atoms with Crippen LogP contribution in [0.15, 0.2) is 12.1 Å². The zero-order valence-electron chi connectivity index (χ0n) is 11.7. The summed E-state index contributed by atoms with van der Waals surface area (Å²) in [7, 11) is 1.62. The van der Waals surface area contributed by atoms with Crippen LogP contribution in [-0.2, 0) is 6.54 Å². The molecule has 0 bridgehead atoms. The molecule has 3 rings (SSSR count). The average molecular weight is 260 g/mol. The van der Waals surface area contributed by atoms with Crippen LogP contribution < -0.4 is 10.5 Å². The van der Waals surface area contributed by atoms with Gasteiger partial charge in [-0.15, -0.1) is 0 Å². The molecule has 19 heavy (non-hydrogen) atoms. The van der Waals surface area contributed by atoms with Gasteiger partial charge in [-0.2, -0.15) is 4.98 Å². The first kappa shape index (κ1) is 12.3. The van der Waals surface area contributed by atoms with Crippen molar-refractivity contribution in [2.75, 3.05) is 12.8 Å². The molecule has 0 radical (unpaired) electrons. The maximum absolute atomic E-state index is 6.05. The minimum Gasteiger partial charge on any atom is -0.481 e. The van der Waals surface area contributed by atoms with Gasteiger partial charge in [0.05, 0.1) is 7.11 Å². The molecule has 0 saturated heterocycles. The van der Waals surface area contributed by atoms with Crippen LogP contribution in [0, 0.1) is 11.3 Å². The third kappa shape index (κ3) is 1.93. The quantitative estimate of drug-likeness (QED) is 0.917.